The van der Waals surface area contributed by atoms with Gasteiger partial charge in [0.2, 0.25) is 11.8 Å². The van der Waals surface area contributed by atoms with Crippen molar-refractivity contribution >= 4 is 17.7 Å². The molecule has 36 heavy (non-hydrogen) atoms. The van der Waals surface area contributed by atoms with Crippen molar-refractivity contribution < 1.29 is 29.0 Å². The number of hydrogen-bond acceptors (Lipinski definition) is 7. The summed E-state index contributed by atoms with van der Waals surface area (Å²) in [6.07, 6.45) is 6.80. The highest BCUT2D eigenvalue weighted by molar-refractivity contribution is 6.05. The van der Waals surface area contributed by atoms with Gasteiger partial charge in [0.05, 0.1) is 5.60 Å². The summed E-state index contributed by atoms with van der Waals surface area (Å²) in [6, 6.07) is 5.23. The van der Waals surface area contributed by atoms with Gasteiger partial charge in [0, 0.05) is 50.9 Å². The minimum absolute atomic E-state index is 0.0411. The molecule has 4 heterocycles. The van der Waals surface area contributed by atoms with Crippen LogP contribution in [0.1, 0.15) is 67.3 Å². The second-order valence-corrected chi connectivity index (χ2v) is 11.1. The Labute approximate surface area is 211 Å². The molecule has 9 heteroatoms. The van der Waals surface area contributed by atoms with Crippen molar-refractivity contribution in [2.24, 2.45) is 5.92 Å². The zero-order chi connectivity index (χ0) is 24.9. The van der Waals surface area contributed by atoms with Gasteiger partial charge in [-0.2, -0.15) is 0 Å². The maximum Gasteiger partial charge on any atom is 0.255 e. The summed E-state index contributed by atoms with van der Waals surface area (Å²) in [6.45, 7) is 3.22. The Kier molecular flexibility index (Phi) is 6.25. The van der Waals surface area contributed by atoms with Crippen LogP contribution in [0.2, 0.25) is 0 Å². The first-order valence-corrected chi connectivity index (χ1v) is 13.4. The largest absolute Gasteiger partial charge is 0.489 e. The first-order valence-electron chi connectivity index (χ1n) is 13.4. The number of fused-ring (bicyclic) bond motifs is 1. The lowest BCUT2D eigenvalue weighted by Gasteiger charge is -2.56. The van der Waals surface area contributed by atoms with Gasteiger partial charge < -0.3 is 19.5 Å². The van der Waals surface area contributed by atoms with Crippen molar-refractivity contribution in [3.63, 3.8) is 0 Å². The first-order chi connectivity index (χ1) is 17.4. The Morgan fingerprint density at radius 1 is 1.03 bits per heavy atom. The third kappa shape index (κ3) is 4.31. The summed E-state index contributed by atoms with van der Waals surface area (Å²) < 4.78 is 12.0. The number of carbonyl (C=O) groups excluding carboxylic acids is 3. The normalized spacial score (nSPS) is 31.1. The van der Waals surface area contributed by atoms with Crippen LogP contribution in [-0.4, -0.2) is 82.7 Å². The van der Waals surface area contributed by atoms with Crippen molar-refractivity contribution in [3.05, 3.63) is 29.3 Å². The van der Waals surface area contributed by atoms with Crippen LogP contribution in [0.15, 0.2) is 18.2 Å². The fraction of sp³-hybridized carbons (Fsp3) is 0.667. The van der Waals surface area contributed by atoms with E-state index in [1.165, 1.54) is 0 Å². The van der Waals surface area contributed by atoms with Crippen molar-refractivity contribution in [2.45, 2.75) is 81.7 Å². The van der Waals surface area contributed by atoms with Crippen LogP contribution in [0.25, 0.3) is 0 Å². The summed E-state index contributed by atoms with van der Waals surface area (Å²) in [5.74, 6) is 0.195. The molecule has 1 aromatic rings. The second kappa shape index (κ2) is 9.43. The molecule has 3 saturated heterocycles. The number of aliphatic hydroxyl groups is 1. The van der Waals surface area contributed by atoms with Crippen LogP contribution in [0.3, 0.4) is 0 Å². The van der Waals surface area contributed by atoms with Crippen LogP contribution in [0.4, 0.5) is 0 Å². The molecule has 1 saturated carbocycles. The zero-order valence-electron chi connectivity index (χ0n) is 20.6. The Morgan fingerprint density at radius 3 is 2.58 bits per heavy atom. The topological polar surface area (TPSA) is 108 Å². The average Bonchev–Trinajstić information content (AvgIpc) is 3.18. The fourth-order valence-corrected chi connectivity index (χ4v) is 6.82. The monoisotopic (exact) mass is 497 g/mol. The van der Waals surface area contributed by atoms with E-state index < -0.39 is 17.6 Å². The molecular formula is C27H35N3O6. The van der Waals surface area contributed by atoms with Crippen LogP contribution in [0, 0.1) is 5.92 Å². The molecule has 6 rings (SSSR count). The highest BCUT2D eigenvalue weighted by Gasteiger charge is 2.51. The maximum absolute atomic E-state index is 13.0. The minimum atomic E-state index is -0.615. The van der Waals surface area contributed by atoms with Gasteiger partial charge in [-0.25, -0.2) is 0 Å². The number of amides is 3. The van der Waals surface area contributed by atoms with Crippen LogP contribution < -0.4 is 10.1 Å². The average molecular weight is 498 g/mol. The lowest BCUT2D eigenvalue weighted by molar-refractivity contribution is -0.178. The van der Waals surface area contributed by atoms with Crippen molar-refractivity contribution in [1.29, 1.82) is 0 Å². The Bertz CT molecular complexity index is 1050. The Hall–Kier alpha value is -2.49. The van der Waals surface area contributed by atoms with E-state index in [9.17, 15) is 19.5 Å². The molecule has 194 valence electrons. The summed E-state index contributed by atoms with van der Waals surface area (Å²) >= 11 is 0. The third-order valence-electron chi connectivity index (χ3n) is 8.85. The van der Waals surface area contributed by atoms with Crippen molar-refractivity contribution in [1.82, 2.24) is 15.1 Å². The van der Waals surface area contributed by atoms with E-state index >= 15 is 0 Å². The predicted molar refractivity (Wildman–Crippen MR) is 129 cm³/mol. The summed E-state index contributed by atoms with van der Waals surface area (Å²) in [5.41, 5.74) is 0.836. The minimum Gasteiger partial charge on any atom is -0.489 e. The van der Waals surface area contributed by atoms with E-state index in [0.29, 0.717) is 37.5 Å². The Morgan fingerprint density at radius 2 is 1.81 bits per heavy atom. The number of rotatable bonds is 5. The van der Waals surface area contributed by atoms with Gasteiger partial charge in [-0.15, -0.1) is 0 Å². The number of ether oxygens (including phenoxy) is 2. The number of carbonyl (C=O) groups is 3. The molecule has 0 bridgehead atoms. The number of nitrogens with one attached hydrogen (secondary N) is 1. The molecule has 3 amide bonds. The molecule has 9 nitrogen and oxygen atoms in total. The van der Waals surface area contributed by atoms with E-state index in [-0.39, 0.29) is 30.4 Å². The molecule has 2 N–H and O–H groups in total. The van der Waals surface area contributed by atoms with Gasteiger partial charge in [0.1, 0.15) is 17.9 Å². The molecule has 0 aromatic heterocycles. The molecule has 3 atom stereocenters. The summed E-state index contributed by atoms with van der Waals surface area (Å²) in [7, 11) is 0. The molecule has 4 aliphatic heterocycles. The number of hydrogen-bond donors (Lipinski definition) is 2. The summed E-state index contributed by atoms with van der Waals surface area (Å²) in [5, 5.41) is 13.5. The Balaban J connectivity index is 1.11. The number of likely N-dealkylation sites (tertiary alicyclic amines) is 1. The van der Waals surface area contributed by atoms with Gasteiger partial charge in [-0.05, 0) is 68.2 Å². The van der Waals surface area contributed by atoms with Gasteiger partial charge in [-0.3, -0.25) is 24.6 Å². The van der Waals surface area contributed by atoms with Crippen LogP contribution in [-0.2, 0) is 20.9 Å². The van der Waals surface area contributed by atoms with Gasteiger partial charge in [0.15, 0.2) is 0 Å². The van der Waals surface area contributed by atoms with Crippen molar-refractivity contribution in [2.75, 3.05) is 26.3 Å². The molecule has 0 radical (unpaired) electrons. The van der Waals surface area contributed by atoms with E-state index in [2.05, 4.69) is 10.2 Å². The molecule has 5 aliphatic rings. The number of imide groups is 1. The predicted octanol–water partition coefficient (Wildman–Crippen LogP) is 1.61. The number of β-amino-alcohol motifs (C(OH)–C–C–N with tert-alkyl or cyclic N) is 1. The maximum atomic E-state index is 13.0. The van der Waals surface area contributed by atoms with Gasteiger partial charge >= 0.3 is 0 Å². The van der Waals surface area contributed by atoms with E-state index in [1.54, 1.807) is 11.0 Å². The van der Waals surface area contributed by atoms with Gasteiger partial charge in [-0.1, -0.05) is 6.42 Å². The first kappa shape index (κ1) is 23.9. The number of piperidine rings is 1. The SMILES string of the molecule is O=C1CCC(N2Cc3cc(OC4CCCCC4N4CC(O)(C5CCOCC5)C4)ccc3C2=O)C(=O)N1. The van der Waals surface area contributed by atoms with E-state index in [1.807, 2.05) is 12.1 Å². The van der Waals surface area contributed by atoms with E-state index in [0.717, 1.165) is 63.1 Å². The highest BCUT2D eigenvalue weighted by Crippen LogP contribution is 2.40. The summed E-state index contributed by atoms with van der Waals surface area (Å²) in [4.78, 5) is 40.8. The quantitative estimate of drug-likeness (QED) is 0.595. The highest BCUT2D eigenvalue weighted by atomic mass is 16.5. The molecule has 4 fully saturated rings. The number of nitrogens with zero attached hydrogens (tertiary/aromatic N) is 2. The standard InChI is InChI=1S/C27H35N3O6/c31-24-8-7-22(25(32)28-24)30-14-17-13-19(5-6-20(17)26(30)33)36-23-4-2-1-3-21(23)29-15-27(34,16-29)18-9-11-35-12-10-18/h5-6,13,18,21-23,34H,1-4,7-12,14-16H2,(H,28,31,32). The lowest BCUT2D eigenvalue weighted by Crippen LogP contribution is -2.70. The molecule has 0 spiro atoms. The smallest absolute Gasteiger partial charge is 0.255 e. The van der Waals surface area contributed by atoms with Crippen LogP contribution >= 0.6 is 0 Å². The lowest BCUT2D eigenvalue weighted by atomic mass is 9.74. The molecule has 1 aromatic carbocycles. The van der Waals surface area contributed by atoms with Crippen molar-refractivity contribution in [3.8, 4) is 5.75 Å². The molecule has 1 aliphatic carbocycles. The second-order valence-electron chi connectivity index (χ2n) is 11.1. The van der Waals surface area contributed by atoms with Gasteiger partial charge in [0.25, 0.3) is 5.91 Å². The zero-order valence-corrected chi connectivity index (χ0v) is 20.6. The van der Waals surface area contributed by atoms with Crippen LogP contribution in [0.5, 0.6) is 5.75 Å². The molecule has 3 unspecified atom stereocenters. The fourth-order valence-electron chi connectivity index (χ4n) is 6.82. The number of benzene rings is 1. The molecular weight excluding hydrogens is 462 g/mol. The third-order valence-corrected chi connectivity index (χ3v) is 8.85. The van der Waals surface area contributed by atoms with E-state index in [4.69, 9.17) is 9.47 Å².